The van der Waals surface area contributed by atoms with Crippen molar-refractivity contribution in [2.24, 2.45) is 5.92 Å². The Kier molecular flexibility index (Phi) is 4.46. The number of amides is 1. The zero-order chi connectivity index (χ0) is 15.6. The maximum absolute atomic E-state index is 12.2. The van der Waals surface area contributed by atoms with Gasteiger partial charge in [0, 0.05) is 12.6 Å². The lowest BCUT2D eigenvalue weighted by molar-refractivity contribution is -0.147. The standard InChI is InChI=1S/C17H21NO3/c1-11-4-5-14(13(3)10-11)6-7-15(19)18-9-8-12(2)16(18)17(20)21/h4-7,10,12,16H,8-9H2,1-3H3,(H,20,21)/b7-6+. The van der Waals surface area contributed by atoms with Gasteiger partial charge >= 0.3 is 5.97 Å². The summed E-state index contributed by atoms with van der Waals surface area (Å²) in [6.45, 7) is 6.40. The van der Waals surface area contributed by atoms with E-state index < -0.39 is 12.0 Å². The topological polar surface area (TPSA) is 57.6 Å². The van der Waals surface area contributed by atoms with Gasteiger partial charge in [-0.1, -0.05) is 30.7 Å². The minimum Gasteiger partial charge on any atom is -0.480 e. The molecule has 0 aromatic heterocycles. The highest BCUT2D eigenvalue weighted by molar-refractivity contribution is 5.95. The predicted octanol–water partition coefficient (Wildman–Crippen LogP) is 2.64. The highest BCUT2D eigenvalue weighted by atomic mass is 16.4. The molecule has 0 bridgehead atoms. The number of nitrogens with zero attached hydrogens (tertiary/aromatic N) is 1. The van der Waals surface area contributed by atoms with E-state index in [1.54, 1.807) is 6.08 Å². The van der Waals surface area contributed by atoms with Crippen LogP contribution in [0.2, 0.25) is 0 Å². The first-order chi connectivity index (χ1) is 9.90. The van der Waals surface area contributed by atoms with Crippen LogP contribution in [0.3, 0.4) is 0 Å². The minimum atomic E-state index is -0.923. The van der Waals surface area contributed by atoms with E-state index in [0.717, 1.165) is 17.5 Å². The molecule has 0 aliphatic carbocycles. The number of benzene rings is 1. The van der Waals surface area contributed by atoms with Crippen LogP contribution in [-0.2, 0) is 9.59 Å². The lowest BCUT2D eigenvalue weighted by Crippen LogP contribution is -2.42. The lowest BCUT2D eigenvalue weighted by atomic mass is 10.0. The molecule has 1 aliphatic heterocycles. The number of hydrogen-bond acceptors (Lipinski definition) is 2. The van der Waals surface area contributed by atoms with Crippen molar-refractivity contribution in [3.05, 3.63) is 41.0 Å². The first-order valence-electron chi connectivity index (χ1n) is 7.19. The number of hydrogen-bond donors (Lipinski definition) is 1. The third-order valence-electron chi connectivity index (χ3n) is 4.07. The predicted molar refractivity (Wildman–Crippen MR) is 81.9 cm³/mol. The molecule has 1 aliphatic rings. The molecule has 2 unspecified atom stereocenters. The largest absolute Gasteiger partial charge is 0.480 e. The average Bonchev–Trinajstić information content (AvgIpc) is 2.79. The molecule has 0 saturated carbocycles. The zero-order valence-electron chi connectivity index (χ0n) is 12.7. The molecule has 1 heterocycles. The van der Waals surface area contributed by atoms with E-state index in [1.807, 2.05) is 32.9 Å². The molecule has 1 N–H and O–H groups in total. The summed E-state index contributed by atoms with van der Waals surface area (Å²) in [5.74, 6) is -1.15. The van der Waals surface area contributed by atoms with Gasteiger partial charge in [-0.15, -0.1) is 0 Å². The first-order valence-corrected chi connectivity index (χ1v) is 7.19. The molecule has 2 rings (SSSR count). The van der Waals surface area contributed by atoms with Crippen LogP contribution < -0.4 is 0 Å². The summed E-state index contributed by atoms with van der Waals surface area (Å²) in [6, 6.07) is 5.31. The first kappa shape index (κ1) is 15.3. The van der Waals surface area contributed by atoms with Gasteiger partial charge in [-0.2, -0.15) is 0 Å². The Bertz CT molecular complexity index is 592. The summed E-state index contributed by atoms with van der Waals surface area (Å²) >= 11 is 0. The normalized spacial score (nSPS) is 22.0. The molecular weight excluding hydrogens is 266 g/mol. The number of carboxylic acid groups (broad SMARTS) is 1. The van der Waals surface area contributed by atoms with E-state index in [0.29, 0.717) is 6.54 Å². The Morgan fingerprint density at radius 3 is 2.67 bits per heavy atom. The minimum absolute atomic E-state index is 0.000890. The Morgan fingerprint density at radius 1 is 1.33 bits per heavy atom. The number of rotatable bonds is 3. The molecular formula is C17H21NO3. The van der Waals surface area contributed by atoms with Gasteiger partial charge in [0.1, 0.15) is 6.04 Å². The number of carbonyl (C=O) groups excluding carboxylic acids is 1. The van der Waals surface area contributed by atoms with Crippen LogP contribution >= 0.6 is 0 Å². The Hall–Kier alpha value is -2.10. The molecule has 4 nitrogen and oxygen atoms in total. The molecule has 1 aromatic carbocycles. The van der Waals surface area contributed by atoms with Crippen molar-refractivity contribution in [3.8, 4) is 0 Å². The maximum atomic E-state index is 12.2. The van der Waals surface area contributed by atoms with Crippen molar-refractivity contribution < 1.29 is 14.7 Å². The number of aryl methyl sites for hydroxylation is 2. The third kappa shape index (κ3) is 3.32. The number of likely N-dealkylation sites (tertiary alicyclic amines) is 1. The summed E-state index contributed by atoms with van der Waals surface area (Å²) in [7, 11) is 0. The molecule has 1 aromatic rings. The Morgan fingerprint density at radius 2 is 2.05 bits per heavy atom. The Labute approximate surface area is 125 Å². The molecule has 4 heteroatoms. The lowest BCUT2D eigenvalue weighted by Gasteiger charge is -2.21. The van der Waals surface area contributed by atoms with Gasteiger partial charge in [-0.05, 0) is 43.4 Å². The van der Waals surface area contributed by atoms with Crippen LogP contribution in [0.1, 0.15) is 30.0 Å². The molecule has 2 atom stereocenters. The van der Waals surface area contributed by atoms with Gasteiger partial charge in [0.05, 0.1) is 0 Å². The smallest absolute Gasteiger partial charge is 0.326 e. The molecule has 112 valence electrons. The second kappa shape index (κ2) is 6.12. The zero-order valence-corrected chi connectivity index (χ0v) is 12.7. The van der Waals surface area contributed by atoms with Gasteiger partial charge in [-0.3, -0.25) is 4.79 Å². The number of carboxylic acids is 1. The molecule has 1 amide bonds. The van der Waals surface area contributed by atoms with Crippen LogP contribution in [0.15, 0.2) is 24.3 Å². The van der Waals surface area contributed by atoms with E-state index in [9.17, 15) is 14.7 Å². The van der Waals surface area contributed by atoms with Crippen LogP contribution in [0.25, 0.3) is 6.08 Å². The molecule has 1 fully saturated rings. The van der Waals surface area contributed by atoms with Crippen LogP contribution in [0.5, 0.6) is 0 Å². The molecule has 0 spiro atoms. The number of aliphatic carboxylic acids is 1. The fourth-order valence-corrected chi connectivity index (χ4v) is 2.84. The van der Waals surface area contributed by atoms with E-state index in [2.05, 4.69) is 6.07 Å². The van der Waals surface area contributed by atoms with Crippen LogP contribution in [0, 0.1) is 19.8 Å². The van der Waals surface area contributed by atoms with Crippen molar-refractivity contribution in [3.63, 3.8) is 0 Å². The highest BCUT2D eigenvalue weighted by Crippen LogP contribution is 2.24. The fraction of sp³-hybridized carbons (Fsp3) is 0.412. The van der Waals surface area contributed by atoms with E-state index in [1.165, 1.54) is 16.5 Å². The second-order valence-electron chi connectivity index (χ2n) is 5.77. The van der Waals surface area contributed by atoms with Crippen molar-refractivity contribution in [2.75, 3.05) is 6.54 Å². The summed E-state index contributed by atoms with van der Waals surface area (Å²) in [4.78, 5) is 25.0. The summed E-state index contributed by atoms with van der Waals surface area (Å²) in [5.41, 5.74) is 3.26. The van der Waals surface area contributed by atoms with Gasteiger partial charge in [0.2, 0.25) is 5.91 Å². The van der Waals surface area contributed by atoms with Crippen LogP contribution in [-0.4, -0.2) is 34.5 Å². The average molecular weight is 287 g/mol. The van der Waals surface area contributed by atoms with Crippen LogP contribution in [0.4, 0.5) is 0 Å². The van der Waals surface area contributed by atoms with Crippen molar-refractivity contribution in [1.29, 1.82) is 0 Å². The highest BCUT2D eigenvalue weighted by Gasteiger charge is 2.38. The SMILES string of the molecule is Cc1ccc(/C=C/C(=O)N2CCC(C)C2C(=O)O)c(C)c1. The molecule has 0 radical (unpaired) electrons. The second-order valence-corrected chi connectivity index (χ2v) is 5.77. The fourth-order valence-electron chi connectivity index (χ4n) is 2.84. The van der Waals surface area contributed by atoms with Crippen molar-refractivity contribution in [1.82, 2.24) is 4.90 Å². The number of carbonyl (C=O) groups is 2. The van der Waals surface area contributed by atoms with Crippen molar-refractivity contribution >= 4 is 18.0 Å². The molecule has 1 saturated heterocycles. The van der Waals surface area contributed by atoms with Gasteiger partial charge in [0.15, 0.2) is 0 Å². The summed E-state index contributed by atoms with van der Waals surface area (Å²) in [5, 5.41) is 9.24. The summed E-state index contributed by atoms with van der Waals surface area (Å²) in [6.07, 6.45) is 3.98. The van der Waals surface area contributed by atoms with Gasteiger partial charge < -0.3 is 10.0 Å². The monoisotopic (exact) mass is 287 g/mol. The van der Waals surface area contributed by atoms with Gasteiger partial charge in [0.25, 0.3) is 0 Å². The van der Waals surface area contributed by atoms with E-state index >= 15 is 0 Å². The van der Waals surface area contributed by atoms with E-state index in [-0.39, 0.29) is 11.8 Å². The van der Waals surface area contributed by atoms with Gasteiger partial charge in [-0.25, -0.2) is 4.79 Å². The third-order valence-corrected chi connectivity index (χ3v) is 4.07. The quantitative estimate of drug-likeness (QED) is 0.869. The van der Waals surface area contributed by atoms with Crippen molar-refractivity contribution in [2.45, 2.75) is 33.2 Å². The summed E-state index contributed by atoms with van der Waals surface area (Å²) < 4.78 is 0. The van der Waals surface area contributed by atoms with E-state index in [4.69, 9.17) is 0 Å². The molecule has 21 heavy (non-hydrogen) atoms. The Balaban J connectivity index is 2.14. The maximum Gasteiger partial charge on any atom is 0.326 e.